The molecule has 0 radical (unpaired) electrons. The number of phenolic OH excluding ortho intramolecular Hbond substituents is 2. The molecule has 0 saturated heterocycles. The molecule has 0 spiro atoms. The number of hydrogen-bond donors (Lipinski definition) is 4. The minimum absolute atomic E-state index is 0.0140. The van der Waals surface area contributed by atoms with E-state index in [2.05, 4.69) is 4.98 Å². The van der Waals surface area contributed by atoms with Gasteiger partial charge < -0.3 is 21.1 Å². The van der Waals surface area contributed by atoms with Crippen molar-refractivity contribution in [1.29, 1.82) is 0 Å². The highest BCUT2D eigenvalue weighted by atomic mass is 32.1. The quantitative estimate of drug-likeness (QED) is 0.551. The van der Waals surface area contributed by atoms with Gasteiger partial charge in [-0.05, 0) is 29.8 Å². The molecule has 2 aromatic carbocycles. The maximum absolute atomic E-state index is 11.8. The lowest BCUT2D eigenvalue weighted by atomic mass is 9.96. The zero-order valence-corrected chi connectivity index (χ0v) is 14.8. The second kappa shape index (κ2) is 7.15. The van der Waals surface area contributed by atoms with Crippen molar-refractivity contribution in [3.8, 4) is 33.3 Å². The number of amides is 1. The second-order valence-electron chi connectivity index (χ2n) is 5.99. The number of carbonyl (C=O) groups is 1. The number of aliphatic hydroxyl groups is 1. The molecular weight excluding hydrogens is 352 g/mol. The Morgan fingerprint density at radius 2 is 1.96 bits per heavy atom. The molecule has 1 amide bonds. The van der Waals surface area contributed by atoms with Gasteiger partial charge in [0.05, 0.1) is 5.69 Å². The smallest absolute Gasteiger partial charge is 0.249 e. The Morgan fingerprint density at radius 3 is 2.62 bits per heavy atom. The maximum atomic E-state index is 11.8. The van der Waals surface area contributed by atoms with E-state index in [9.17, 15) is 20.1 Å². The Balaban J connectivity index is 2.09. The number of primary amides is 1. The summed E-state index contributed by atoms with van der Waals surface area (Å²) in [5.41, 5.74) is 8.30. The number of aromatic nitrogens is 1. The predicted molar refractivity (Wildman–Crippen MR) is 100 cm³/mol. The molecule has 0 aliphatic rings. The van der Waals surface area contributed by atoms with E-state index in [1.165, 1.54) is 23.5 Å². The van der Waals surface area contributed by atoms with E-state index in [-0.39, 0.29) is 24.0 Å². The van der Waals surface area contributed by atoms with Crippen LogP contribution in [0.3, 0.4) is 0 Å². The fourth-order valence-electron chi connectivity index (χ4n) is 2.62. The van der Waals surface area contributed by atoms with Gasteiger partial charge in [-0.3, -0.25) is 4.79 Å². The first-order valence-electron chi connectivity index (χ1n) is 7.93. The molecule has 0 aliphatic carbocycles. The Hall–Kier alpha value is -2.90. The van der Waals surface area contributed by atoms with E-state index in [1.807, 2.05) is 6.92 Å². The van der Waals surface area contributed by atoms with Crippen LogP contribution in [0.15, 0.2) is 41.8 Å². The number of benzene rings is 2. The third-order valence-electron chi connectivity index (χ3n) is 4.14. The number of nitrogens with zero attached hydrogens (tertiary/aromatic N) is 1. The molecule has 1 heterocycles. The zero-order chi connectivity index (χ0) is 18.8. The highest BCUT2D eigenvalue weighted by Gasteiger charge is 2.17. The lowest BCUT2D eigenvalue weighted by Gasteiger charge is -2.12. The molecular formula is C19H18N2O4S. The number of hydrogen-bond acceptors (Lipinski definition) is 6. The molecule has 1 atom stereocenters. The number of aliphatic hydroxyl groups excluding tert-OH is 1. The van der Waals surface area contributed by atoms with Crippen molar-refractivity contribution in [2.45, 2.75) is 12.8 Å². The predicted octanol–water partition coefficient (Wildman–Crippen LogP) is 3.08. The second-order valence-corrected chi connectivity index (χ2v) is 6.85. The van der Waals surface area contributed by atoms with Crippen molar-refractivity contribution in [3.63, 3.8) is 0 Å². The largest absolute Gasteiger partial charge is 0.508 e. The summed E-state index contributed by atoms with van der Waals surface area (Å²) in [5.74, 6) is -0.772. The number of nitrogens with two attached hydrogens (primary N) is 1. The van der Waals surface area contributed by atoms with Gasteiger partial charge in [0.15, 0.2) is 0 Å². The van der Waals surface area contributed by atoms with Gasteiger partial charge in [0.25, 0.3) is 0 Å². The number of phenols is 2. The van der Waals surface area contributed by atoms with Crippen molar-refractivity contribution in [1.82, 2.24) is 4.98 Å². The lowest BCUT2D eigenvalue weighted by molar-refractivity contribution is 0.100. The van der Waals surface area contributed by atoms with Crippen LogP contribution in [0.5, 0.6) is 11.5 Å². The summed E-state index contributed by atoms with van der Waals surface area (Å²) < 4.78 is 0. The fraction of sp³-hybridized carbons (Fsp3) is 0.158. The minimum Gasteiger partial charge on any atom is -0.508 e. The molecule has 7 heteroatoms. The first-order valence-corrected chi connectivity index (χ1v) is 8.81. The van der Waals surface area contributed by atoms with Gasteiger partial charge in [0.1, 0.15) is 16.5 Å². The molecule has 0 aliphatic heterocycles. The van der Waals surface area contributed by atoms with Crippen LogP contribution in [-0.2, 0) is 0 Å². The van der Waals surface area contributed by atoms with Gasteiger partial charge in [-0.1, -0.05) is 13.0 Å². The highest BCUT2D eigenvalue weighted by molar-refractivity contribution is 7.13. The van der Waals surface area contributed by atoms with E-state index in [1.54, 1.807) is 29.6 Å². The van der Waals surface area contributed by atoms with Gasteiger partial charge in [-0.15, -0.1) is 11.3 Å². The van der Waals surface area contributed by atoms with Gasteiger partial charge >= 0.3 is 0 Å². The zero-order valence-electron chi connectivity index (χ0n) is 14.0. The Morgan fingerprint density at radius 1 is 1.19 bits per heavy atom. The number of carbonyl (C=O) groups excluding carboxylic acids is 1. The number of aromatic hydroxyl groups is 2. The maximum Gasteiger partial charge on any atom is 0.249 e. The molecule has 0 saturated carbocycles. The fourth-order valence-corrected chi connectivity index (χ4v) is 3.47. The molecule has 3 aromatic rings. The first kappa shape index (κ1) is 17.9. The Kier molecular flexibility index (Phi) is 4.92. The number of thiazole rings is 1. The molecule has 1 unspecified atom stereocenters. The van der Waals surface area contributed by atoms with E-state index in [0.29, 0.717) is 27.4 Å². The Bertz CT molecular complexity index is 968. The summed E-state index contributed by atoms with van der Waals surface area (Å²) in [7, 11) is 0. The first-order chi connectivity index (χ1) is 12.4. The van der Waals surface area contributed by atoms with Crippen LogP contribution in [0.4, 0.5) is 0 Å². The molecule has 6 nitrogen and oxygen atoms in total. The van der Waals surface area contributed by atoms with Crippen LogP contribution in [-0.4, -0.2) is 32.8 Å². The summed E-state index contributed by atoms with van der Waals surface area (Å²) in [5, 5.41) is 31.2. The molecule has 134 valence electrons. The SMILES string of the molecule is CC(CO)c1ccc(C(N)=O)c(-c2nc(-c3ccc(O)cc3O)cs2)c1. The van der Waals surface area contributed by atoms with Crippen molar-refractivity contribution in [2.24, 2.45) is 5.73 Å². The number of rotatable bonds is 5. The van der Waals surface area contributed by atoms with Gasteiger partial charge in [0.2, 0.25) is 5.91 Å². The standard InChI is InChI=1S/C19H18N2O4S/c1-10(8-22)11-2-4-13(18(20)25)15(6-11)19-21-16(9-26-19)14-5-3-12(23)7-17(14)24/h2-7,9-10,22-24H,8H2,1H3,(H2,20,25). The molecule has 3 rings (SSSR count). The topological polar surface area (TPSA) is 117 Å². The van der Waals surface area contributed by atoms with Crippen LogP contribution in [0.1, 0.15) is 28.8 Å². The van der Waals surface area contributed by atoms with Gasteiger partial charge in [-0.2, -0.15) is 0 Å². The van der Waals surface area contributed by atoms with Crippen molar-refractivity contribution in [2.75, 3.05) is 6.61 Å². The summed E-state index contributed by atoms with van der Waals surface area (Å²) in [6.07, 6.45) is 0. The molecule has 0 bridgehead atoms. The summed E-state index contributed by atoms with van der Waals surface area (Å²) in [6, 6.07) is 9.49. The third kappa shape index (κ3) is 3.40. The molecule has 0 fully saturated rings. The van der Waals surface area contributed by atoms with Crippen LogP contribution in [0.25, 0.3) is 21.8 Å². The van der Waals surface area contributed by atoms with Crippen LogP contribution in [0.2, 0.25) is 0 Å². The molecule has 5 N–H and O–H groups in total. The van der Waals surface area contributed by atoms with Crippen LogP contribution >= 0.6 is 11.3 Å². The average molecular weight is 370 g/mol. The highest BCUT2D eigenvalue weighted by Crippen LogP contribution is 2.36. The van der Waals surface area contributed by atoms with E-state index in [0.717, 1.165) is 5.56 Å². The molecule has 26 heavy (non-hydrogen) atoms. The van der Waals surface area contributed by atoms with Crippen molar-refractivity contribution in [3.05, 3.63) is 52.9 Å². The molecule has 1 aromatic heterocycles. The monoisotopic (exact) mass is 370 g/mol. The normalized spacial score (nSPS) is 12.1. The Labute approximate surface area is 154 Å². The van der Waals surface area contributed by atoms with Crippen LogP contribution in [0, 0.1) is 0 Å². The summed E-state index contributed by atoms with van der Waals surface area (Å²) >= 11 is 1.31. The van der Waals surface area contributed by atoms with Gasteiger partial charge in [0, 0.05) is 40.7 Å². The summed E-state index contributed by atoms with van der Waals surface area (Å²) in [4.78, 5) is 16.3. The summed E-state index contributed by atoms with van der Waals surface area (Å²) in [6.45, 7) is 1.87. The van der Waals surface area contributed by atoms with E-state index >= 15 is 0 Å². The van der Waals surface area contributed by atoms with E-state index < -0.39 is 5.91 Å². The van der Waals surface area contributed by atoms with Crippen molar-refractivity contribution >= 4 is 17.2 Å². The lowest BCUT2D eigenvalue weighted by Crippen LogP contribution is -2.13. The van der Waals surface area contributed by atoms with Crippen molar-refractivity contribution < 1.29 is 20.1 Å². The van der Waals surface area contributed by atoms with E-state index in [4.69, 9.17) is 5.73 Å². The third-order valence-corrected chi connectivity index (χ3v) is 5.02. The van der Waals surface area contributed by atoms with Crippen LogP contribution < -0.4 is 5.73 Å². The average Bonchev–Trinajstić information content (AvgIpc) is 3.10. The van der Waals surface area contributed by atoms with Gasteiger partial charge in [-0.25, -0.2) is 4.98 Å². The minimum atomic E-state index is -0.563.